The number of hydrogen-bond acceptors (Lipinski definition) is 3. The SMILES string of the molecule is Cc1ccc(N(CC(=O)Nc2ccc(Cl)cc2)S(C)(=O)=O)cc1Cl. The predicted molar refractivity (Wildman–Crippen MR) is 98.5 cm³/mol. The molecule has 0 saturated carbocycles. The van der Waals surface area contributed by atoms with Crippen molar-refractivity contribution in [2.75, 3.05) is 22.4 Å². The zero-order valence-electron chi connectivity index (χ0n) is 13.1. The number of nitrogens with one attached hydrogen (secondary N) is 1. The Kier molecular flexibility index (Phi) is 5.74. The first-order valence-electron chi connectivity index (χ1n) is 6.96. The summed E-state index contributed by atoms with van der Waals surface area (Å²) in [5, 5.41) is 3.60. The fraction of sp³-hybridized carbons (Fsp3) is 0.188. The number of amides is 1. The van der Waals surface area contributed by atoms with E-state index in [2.05, 4.69) is 5.32 Å². The number of hydrogen-bond donors (Lipinski definition) is 1. The van der Waals surface area contributed by atoms with Crippen LogP contribution in [0.25, 0.3) is 0 Å². The van der Waals surface area contributed by atoms with Crippen molar-refractivity contribution in [2.24, 2.45) is 0 Å². The third kappa shape index (κ3) is 4.87. The van der Waals surface area contributed by atoms with E-state index >= 15 is 0 Å². The number of nitrogens with zero attached hydrogens (tertiary/aromatic N) is 1. The summed E-state index contributed by atoms with van der Waals surface area (Å²) in [6.07, 6.45) is 1.04. The van der Waals surface area contributed by atoms with E-state index in [0.717, 1.165) is 16.1 Å². The highest BCUT2D eigenvalue weighted by molar-refractivity contribution is 7.92. The standard InChI is InChI=1S/C16H16Cl2N2O3S/c1-11-3-8-14(9-15(11)18)20(24(2,22)23)10-16(21)19-13-6-4-12(17)5-7-13/h3-9H,10H2,1-2H3,(H,19,21). The Hall–Kier alpha value is -1.76. The van der Waals surface area contributed by atoms with Crippen LogP contribution >= 0.6 is 23.2 Å². The van der Waals surface area contributed by atoms with Gasteiger partial charge in [0, 0.05) is 15.7 Å². The molecule has 0 fully saturated rings. The molecule has 0 aliphatic carbocycles. The van der Waals surface area contributed by atoms with Crippen molar-refractivity contribution in [3.8, 4) is 0 Å². The van der Waals surface area contributed by atoms with E-state index in [-0.39, 0.29) is 6.54 Å². The molecule has 0 radical (unpaired) electrons. The van der Waals surface area contributed by atoms with Crippen molar-refractivity contribution in [2.45, 2.75) is 6.92 Å². The number of anilines is 2. The molecule has 8 heteroatoms. The van der Waals surface area contributed by atoms with Crippen LogP contribution in [0.5, 0.6) is 0 Å². The average Bonchev–Trinajstić information content (AvgIpc) is 2.49. The minimum absolute atomic E-state index is 0.333. The summed E-state index contributed by atoms with van der Waals surface area (Å²) >= 11 is 11.8. The third-order valence-electron chi connectivity index (χ3n) is 3.26. The van der Waals surface area contributed by atoms with E-state index in [9.17, 15) is 13.2 Å². The Morgan fingerprint density at radius 1 is 1.12 bits per heavy atom. The van der Waals surface area contributed by atoms with E-state index in [0.29, 0.717) is 21.4 Å². The molecule has 0 heterocycles. The third-order valence-corrected chi connectivity index (χ3v) is 5.06. The lowest BCUT2D eigenvalue weighted by molar-refractivity contribution is -0.114. The first kappa shape index (κ1) is 18.6. The topological polar surface area (TPSA) is 66.5 Å². The highest BCUT2D eigenvalue weighted by Crippen LogP contribution is 2.25. The molecule has 128 valence electrons. The second-order valence-corrected chi connectivity index (χ2v) is 8.01. The molecule has 1 amide bonds. The first-order valence-corrected chi connectivity index (χ1v) is 9.56. The molecule has 0 aliphatic rings. The Morgan fingerprint density at radius 2 is 1.75 bits per heavy atom. The molecule has 1 N–H and O–H groups in total. The number of aryl methyl sites for hydroxylation is 1. The fourth-order valence-electron chi connectivity index (χ4n) is 2.00. The van der Waals surface area contributed by atoms with Crippen LogP contribution < -0.4 is 9.62 Å². The van der Waals surface area contributed by atoms with Gasteiger partial charge in [-0.3, -0.25) is 9.10 Å². The number of carbonyl (C=O) groups is 1. The van der Waals surface area contributed by atoms with Crippen molar-refractivity contribution >= 4 is 50.5 Å². The predicted octanol–water partition coefficient (Wildman–Crippen LogP) is 3.71. The molecule has 0 unspecified atom stereocenters. The second-order valence-electron chi connectivity index (χ2n) is 5.26. The molecule has 2 rings (SSSR count). The van der Waals surface area contributed by atoms with Gasteiger partial charge in [-0.25, -0.2) is 8.42 Å². The van der Waals surface area contributed by atoms with Gasteiger partial charge < -0.3 is 5.32 Å². The van der Waals surface area contributed by atoms with Gasteiger partial charge in [-0.05, 0) is 48.9 Å². The Bertz CT molecular complexity index is 852. The lowest BCUT2D eigenvalue weighted by atomic mass is 10.2. The maximum atomic E-state index is 12.2. The molecule has 2 aromatic carbocycles. The van der Waals surface area contributed by atoms with Gasteiger partial charge in [0.2, 0.25) is 15.9 Å². The first-order chi connectivity index (χ1) is 11.2. The molecular weight excluding hydrogens is 371 g/mol. The van der Waals surface area contributed by atoms with Crippen LogP contribution in [-0.2, 0) is 14.8 Å². The normalized spacial score (nSPS) is 11.2. The van der Waals surface area contributed by atoms with Crippen molar-refractivity contribution in [1.82, 2.24) is 0 Å². The molecule has 5 nitrogen and oxygen atoms in total. The summed E-state index contributed by atoms with van der Waals surface area (Å²) in [5.41, 5.74) is 1.68. The highest BCUT2D eigenvalue weighted by Gasteiger charge is 2.21. The second kappa shape index (κ2) is 7.42. The van der Waals surface area contributed by atoms with Crippen LogP contribution in [0.1, 0.15) is 5.56 Å². The van der Waals surface area contributed by atoms with Gasteiger partial charge in [0.05, 0.1) is 11.9 Å². The van der Waals surface area contributed by atoms with E-state index in [1.807, 2.05) is 6.92 Å². The molecule has 0 atom stereocenters. The fourth-order valence-corrected chi connectivity index (χ4v) is 3.15. The minimum atomic E-state index is -3.65. The van der Waals surface area contributed by atoms with E-state index in [1.165, 1.54) is 6.07 Å². The monoisotopic (exact) mass is 386 g/mol. The van der Waals surface area contributed by atoms with Gasteiger partial charge in [0.15, 0.2) is 0 Å². The lowest BCUT2D eigenvalue weighted by Crippen LogP contribution is -2.37. The molecule has 0 bridgehead atoms. The molecule has 24 heavy (non-hydrogen) atoms. The Morgan fingerprint density at radius 3 is 2.29 bits per heavy atom. The highest BCUT2D eigenvalue weighted by atomic mass is 35.5. The van der Waals surface area contributed by atoms with Gasteiger partial charge in [0.25, 0.3) is 0 Å². The maximum absolute atomic E-state index is 12.2. The number of carbonyl (C=O) groups excluding carboxylic acids is 1. The number of benzene rings is 2. The van der Waals surface area contributed by atoms with Crippen molar-refractivity contribution in [3.05, 3.63) is 58.1 Å². The maximum Gasteiger partial charge on any atom is 0.245 e. The zero-order valence-corrected chi connectivity index (χ0v) is 15.4. The van der Waals surface area contributed by atoms with E-state index in [4.69, 9.17) is 23.2 Å². The number of halogens is 2. The quantitative estimate of drug-likeness (QED) is 0.851. The van der Waals surface area contributed by atoms with Crippen molar-refractivity contribution in [3.63, 3.8) is 0 Å². The summed E-state index contributed by atoms with van der Waals surface area (Å²) in [4.78, 5) is 12.2. The van der Waals surface area contributed by atoms with Gasteiger partial charge in [-0.2, -0.15) is 0 Å². The van der Waals surface area contributed by atoms with Crippen molar-refractivity contribution in [1.29, 1.82) is 0 Å². The molecule has 0 saturated heterocycles. The van der Waals surface area contributed by atoms with E-state index in [1.54, 1.807) is 36.4 Å². The minimum Gasteiger partial charge on any atom is -0.325 e. The van der Waals surface area contributed by atoms with Crippen LogP contribution in [-0.4, -0.2) is 27.1 Å². The number of rotatable bonds is 5. The van der Waals surface area contributed by atoms with Gasteiger partial charge >= 0.3 is 0 Å². The summed E-state index contributed by atoms with van der Waals surface area (Å²) in [6, 6.07) is 11.4. The summed E-state index contributed by atoms with van der Waals surface area (Å²) < 4.78 is 25.1. The number of sulfonamides is 1. The molecular formula is C16H16Cl2N2O3S. The molecule has 0 aliphatic heterocycles. The van der Waals surface area contributed by atoms with Gasteiger partial charge in [0.1, 0.15) is 6.54 Å². The average molecular weight is 387 g/mol. The van der Waals surface area contributed by atoms with Crippen LogP contribution in [0.2, 0.25) is 10.0 Å². The van der Waals surface area contributed by atoms with Crippen LogP contribution in [0.3, 0.4) is 0 Å². The van der Waals surface area contributed by atoms with Crippen LogP contribution in [0, 0.1) is 6.92 Å². The Balaban J connectivity index is 2.21. The molecule has 0 aromatic heterocycles. The molecule has 0 spiro atoms. The van der Waals surface area contributed by atoms with Gasteiger partial charge in [-0.1, -0.05) is 29.3 Å². The van der Waals surface area contributed by atoms with Gasteiger partial charge in [-0.15, -0.1) is 0 Å². The molecule has 2 aromatic rings. The smallest absolute Gasteiger partial charge is 0.245 e. The van der Waals surface area contributed by atoms with E-state index < -0.39 is 15.9 Å². The van der Waals surface area contributed by atoms with Crippen LogP contribution in [0.15, 0.2) is 42.5 Å². The zero-order chi connectivity index (χ0) is 17.9. The summed E-state index contributed by atoms with van der Waals surface area (Å²) in [5.74, 6) is -0.473. The van der Waals surface area contributed by atoms with Crippen LogP contribution in [0.4, 0.5) is 11.4 Å². The lowest BCUT2D eigenvalue weighted by Gasteiger charge is -2.22. The Labute approximate surface area is 151 Å². The summed E-state index contributed by atoms with van der Waals surface area (Å²) in [6.45, 7) is 1.45. The van der Waals surface area contributed by atoms with Crippen molar-refractivity contribution < 1.29 is 13.2 Å². The largest absolute Gasteiger partial charge is 0.325 e. The summed E-state index contributed by atoms with van der Waals surface area (Å²) in [7, 11) is -3.65.